The van der Waals surface area contributed by atoms with Crippen molar-refractivity contribution in [3.05, 3.63) is 30.1 Å². The Kier molecular flexibility index (Phi) is 4.74. The maximum atomic E-state index is 11.9. The highest BCUT2D eigenvalue weighted by Crippen LogP contribution is 2.21. The molecule has 0 spiro atoms. The summed E-state index contributed by atoms with van der Waals surface area (Å²) >= 11 is 0. The van der Waals surface area contributed by atoms with Crippen molar-refractivity contribution in [1.29, 1.82) is 0 Å². The summed E-state index contributed by atoms with van der Waals surface area (Å²) in [5.74, 6) is -0.238. The molecule has 0 amide bonds. The Morgan fingerprint density at radius 2 is 2.00 bits per heavy atom. The number of sulfonamides is 1. The number of likely N-dealkylation sites (tertiary alicyclic amines) is 1. The minimum absolute atomic E-state index is 0.00594. The average molecular weight is 299 g/mol. The van der Waals surface area contributed by atoms with Crippen LogP contribution in [0, 0.1) is 5.92 Å². The smallest absolute Gasteiger partial charge is 0.214 e. The third kappa shape index (κ3) is 3.76. The molecule has 0 radical (unpaired) electrons. The van der Waals surface area contributed by atoms with Crippen LogP contribution < -0.4 is 0 Å². The van der Waals surface area contributed by atoms with Crippen molar-refractivity contribution in [3.63, 3.8) is 0 Å². The van der Waals surface area contributed by atoms with Gasteiger partial charge in [0.15, 0.2) is 0 Å². The zero-order chi connectivity index (χ0) is 14.8. The van der Waals surface area contributed by atoms with Crippen LogP contribution in [0.25, 0.3) is 0 Å². The summed E-state index contributed by atoms with van der Waals surface area (Å²) in [5, 5.41) is 10.0. The number of hydrogen-bond acceptors (Lipinski definition) is 5. The molecule has 2 rings (SSSR count). The lowest BCUT2D eigenvalue weighted by Crippen LogP contribution is -2.33. The number of aliphatic hydroxyl groups excluding tert-OH is 1. The van der Waals surface area contributed by atoms with Gasteiger partial charge in [-0.3, -0.25) is 9.88 Å². The van der Waals surface area contributed by atoms with Crippen molar-refractivity contribution in [3.8, 4) is 0 Å². The van der Waals surface area contributed by atoms with E-state index in [-0.39, 0.29) is 11.7 Å². The molecule has 0 unspecified atom stereocenters. The van der Waals surface area contributed by atoms with Crippen LogP contribution in [-0.2, 0) is 16.6 Å². The first-order valence-corrected chi connectivity index (χ1v) is 8.19. The summed E-state index contributed by atoms with van der Waals surface area (Å²) in [6.45, 7) is 1.81. The van der Waals surface area contributed by atoms with Crippen LogP contribution in [0.4, 0.5) is 0 Å². The molecule has 0 aromatic carbocycles. The summed E-state index contributed by atoms with van der Waals surface area (Å²) in [4.78, 5) is 6.04. The van der Waals surface area contributed by atoms with Gasteiger partial charge in [-0.1, -0.05) is 0 Å². The molecule has 0 bridgehead atoms. The lowest BCUT2D eigenvalue weighted by Gasteiger charge is -2.18. The predicted octanol–water partition coefficient (Wildman–Crippen LogP) is -0.234. The fourth-order valence-corrected chi connectivity index (χ4v) is 3.57. The molecule has 0 saturated carbocycles. The molecule has 112 valence electrons. The molecule has 1 fully saturated rings. The second-order valence-electron chi connectivity index (χ2n) is 5.44. The van der Waals surface area contributed by atoms with E-state index < -0.39 is 16.1 Å². The summed E-state index contributed by atoms with van der Waals surface area (Å²) in [7, 11) is -0.236. The number of aromatic nitrogens is 1. The van der Waals surface area contributed by atoms with Crippen LogP contribution in [0.1, 0.15) is 5.56 Å². The predicted molar refractivity (Wildman–Crippen MR) is 76.5 cm³/mol. The number of aliphatic hydroxyl groups is 1. The van der Waals surface area contributed by atoms with Gasteiger partial charge in [-0.15, -0.1) is 0 Å². The molecule has 1 saturated heterocycles. The van der Waals surface area contributed by atoms with Crippen molar-refractivity contribution in [2.24, 2.45) is 5.92 Å². The van der Waals surface area contributed by atoms with Crippen LogP contribution in [0.3, 0.4) is 0 Å². The Bertz CT molecular complexity index is 533. The third-order valence-corrected chi connectivity index (χ3v) is 5.58. The van der Waals surface area contributed by atoms with E-state index in [9.17, 15) is 13.5 Å². The molecular weight excluding hydrogens is 278 g/mol. The van der Waals surface area contributed by atoms with E-state index in [4.69, 9.17) is 0 Å². The van der Waals surface area contributed by atoms with E-state index in [1.165, 1.54) is 18.4 Å². The average Bonchev–Trinajstić information content (AvgIpc) is 2.70. The van der Waals surface area contributed by atoms with Gasteiger partial charge in [-0.25, -0.2) is 12.7 Å². The largest absolute Gasteiger partial charge is 0.391 e. The van der Waals surface area contributed by atoms with Gasteiger partial charge >= 0.3 is 0 Å². The van der Waals surface area contributed by atoms with Crippen molar-refractivity contribution in [2.45, 2.75) is 12.6 Å². The topological polar surface area (TPSA) is 73.7 Å². The molecule has 6 nitrogen and oxygen atoms in total. The van der Waals surface area contributed by atoms with E-state index in [0.717, 1.165) is 5.56 Å². The maximum Gasteiger partial charge on any atom is 0.214 e. The Balaban J connectivity index is 1.96. The monoisotopic (exact) mass is 299 g/mol. The van der Waals surface area contributed by atoms with Crippen LogP contribution in [0.2, 0.25) is 0 Å². The third-order valence-electron chi connectivity index (χ3n) is 3.62. The van der Waals surface area contributed by atoms with Crippen LogP contribution in [0.5, 0.6) is 0 Å². The first-order valence-electron chi connectivity index (χ1n) is 6.58. The van der Waals surface area contributed by atoms with Gasteiger partial charge in [0.1, 0.15) is 0 Å². The zero-order valence-corrected chi connectivity index (χ0v) is 12.6. The minimum atomic E-state index is -3.27. The van der Waals surface area contributed by atoms with Crippen LogP contribution in [0.15, 0.2) is 24.5 Å². The number of β-amino-alcohol motifs (C(OH)–C–C–N with tert-alkyl or cyclic N) is 1. The SMILES string of the molecule is CN(C)S(=O)(=O)C[C@@H]1CN(Cc2ccncc2)C[C@@H]1O. The van der Waals surface area contributed by atoms with Gasteiger partial charge in [0.25, 0.3) is 0 Å². The summed E-state index contributed by atoms with van der Waals surface area (Å²) in [6, 6.07) is 3.85. The number of nitrogens with zero attached hydrogens (tertiary/aromatic N) is 3. The highest BCUT2D eigenvalue weighted by Gasteiger charge is 2.35. The molecule has 1 aromatic heterocycles. The van der Waals surface area contributed by atoms with Gasteiger partial charge in [-0.05, 0) is 17.7 Å². The second kappa shape index (κ2) is 6.17. The van der Waals surface area contributed by atoms with E-state index in [0.29, 0.717) is 19.6 Å². The molecule has 0 aliphatic carbocycles. The van der Waals surface area contributed by atoms with E-state index in [2.05, 4.69) is 9.88 Å². The molecule has 1 aliphatic rings. The lowest BCUT2D eigenvalue weighted by molar-refractivity contribution is 0.148. The van der Waals surface area contributed by atoms with Gasteiger partial charge < -0.3 is 5.11 Å². The lowest BCUT2D eigenvalue weighted by atomic mass is 10.1. The molecule has 20 heavy (non-hydrogen) atoms. The van der Waals surface area contributed by atoms with E-state index in [1.54, 1.807) is 12.4 Å². The maximum absolute atomic E-state index is 11.9. The van der Waals surface area contributed by atoms with Crippen LogP contribution in [-0.4, -0.2) is 66.8 Å². The Morgan fingerprint density at radius 1 is 1.35 bits per heavy atom. The highest BCUT2D eigenvalue weighted by atomic mass is 32.2. The molecule has 1 aromatic rings. The number of rotatable bonds is 5. The summed E-state index contributed by atoms with van der Waals surface area (Å²) < 4.78 is 25.0. The molecule has 1 N–H and O–H groups in total. The summed E-state index contributed by atoms with van der Waals surface area (Å²) in [5.41, 5.74) is 1.11. The Labute approximate surface area is 120 Å². The van der Waals surface area contributed by atoms with Crippen molar-refractivity contribution < 1.29 is 13.5 Å². The van der Waals surface area contributed by atoms with Gasteiger partial charge in [0.05, 0.1) is 11.9 Å². The fourth-order valence-electron chi connectivity index (χ4n) is 2.40. The van der Waals surface area contributed by atoms with Gasteiger partial charge in [0.2, 0.25) is 10.0 Å². The first kappa shape index (κ1) is 15.4. The first-order chi connectivity index (χ1) is 9.38. The van der Waals surface area contributed by atoms with E-state index >= 15 is 0 Å². The molecule has 1 aliphatic heterocycles. The van der Waals surface area contributed by atoms with Gasteiger partial charge in [0, 0.05) is 52.0 Å². The Hall–Kier alpha value is -1.02. The number of pyridine rings is 1. The van der Waals surface area contributed by atoms with Crippen LogP contribution >= 0.6 is 0 Å². The standard InChI is InChI=1S/C13H21N3O3S/c1-15(2)20(18,19)10-12-8-16(9-13(12)17)7-11-3-5-14-6-4-11/h3-6,12-13,17H,7-10H2,1-2H3/t12-,13-/m0/s1. The second-order valence-corrected chi connectivity index (χ2v) is 7.67. The number of hydrogen-bond donors (Lipinski definition) is 1. The molecule has 2 heterocycles. The highest BCUT2D eigenvalue weighted by molar-refractivity contribution is 7.89. The minimum Gasteiger partial charge on any atom is -0.391 e. The van der Waals surface area contributed by atoms with E-state index in [1.807, 2.05) is 12.1 Å². The molecule has 7 heteroatoms. The zero-order valence-electron chi connectivity index (χ0n) is 11.8. The van der Waals surface area contributed by atoms with Crippen molar-refractivity contribution >= 4 is 10.0 Å². The normalized spacial score (nSPS) is 24.4. The van der Waals surface area contributed by atoms with Crippen molar-refractivity contribution in [1.82, 2.24) is 14.2 Å². The fraction of sp³-hybridized carbons (Fsp3) is 0.615. The molecule has 2 atom stereocenters. The van der Waals surface area contributed by atoms with Crippen molar-refractivity contribution in [2.75, 3.05) is 32.9 Å². The van der Waals surface area contributed by atoms with Gasteiger partial charge in [-0.2, -0.15) is 0 Å². The summed E-state index contributed by atoms with van der Waals surface area (Å²) in [6.07, 6.45) is 2.87. The Morgan fingerprint density at radius 3 is 2.60 bits per heavy atom. The quantitative estimate of drug-likeness (QED) is 0.813. The molecular formula is C13H21N3O3S.